The van der Waals surface area contributed by atoms with Crippen LogP contribution in [-0.2, 0) is 16.0 Å². The Hall–Kier alpha value is -2.38. The first-order valence-electron chi connectivity index (χ1n) is 8.64. The number of aromatic nitrogens is 1. The maximum atomic E-state index is 14.2. The van der Waals surface area contributed by atoms with E-state index in [0.717, 1.165) is 12.5 Å². The average molecular weight is 407 g/mol. The topological polar surface area (TPSA) is 93.8 Å². The van der Waals surface area contributed by atoms with Crippen molar-refractivity contribution in [3.05, 3.63) is 40.2 Å². The van der Waals surface area contributed by atoms with Gasteiger partial charge in [-0.1, -0.05) is 18.5 Å². The first-order chi connectivity index (χ1) is 13.5. The number of halogens is 2. The lowest BCUT2D eigenvalue weighted by Gasteiger charge is -2.12. The third-order valence-corrected chi connectivity index (χ3v) is 4.16. The van der Waals surface area contributed by atoms with E-state index >= 15 is 0 Å². The van der Waals surface area contributed by atoms with Crippen LogP contribution in [0.4, 0.5) is 4.39 Å². The summed E-state index contributed by atoms with van der Waals surface area (Å²) in [6.45, 7) is 3.21. The molecule has 1 aliphatic heterocycles. The second-order valence-electron chi connectivity index (χ2n) is 5.94. The fourth-order valence-electron chi connectivity index (χ4n) is 2.63. The monoisotopic (exact) mass is 406 g/mol. The van der Waals surface area contributed by atoms with Gasteiger partial charge >= 0.3 is 7.12 Å². The first kappa shape index (κ1) is 20.4. The molecule has 0 saturated heterocycles. The summed E-state index contributed by atoms with van der Waals surface area (Å²) >= 11 is 6.14. The van der Waals surface area contributed by atoms with E-state index in [4.69, 9.17) is 30.5 Å². The second-order valence-corrected chi connectivity index (χ2v) is 6.35. The smallest absolute Gasteiger partial charge is 0.474 e. The zero-order chi connectivity index (χ0) is 20.1. The SMILES string of the molecule is CCCOCCOc1nc(Oc2cc(F)c3c(c2)COB3O)c(Cl)cc1C#N. The zero-order valence-corrected chi connectivity index (χ0v) is 15.8. The van der Waals surface area contributed by atoms with Gasteiger partial charge in [0, 0.05) is 18.1 Å². The molecular formula is C18H17BClFN2O5. The molecule has 7 nitrogen and oxygen atoms in total. The molecular weight excluding hydrogens is 389 g/mol. The summed E-state index contributed by atoms with van der Waals surface area (Å²) in [6, 6.07) is 5.95. The maximum absolute atomic E-state index is 14.2. The van der Waals surface area contributed by atoms with Gasteiger partial charge in [-0.25, -0.2) is 4.39 Å². The third kappa shape index (κ3) is 4.54. The van der Waals surface area contributed by atoms with Crippen molar-refractivity contribution in [1.82, 2.24) is 4.98 Å². The van der Waals surface area contributed by atoms with Crippen LogP contribution < -0.4 is 14.9 Å². The van der Waals surface area contributed by atoms with Crippen molar-refractivity contribution in [2.75, 3.05) is 19.8 Å². The second kappa shape index (κ2) is 9.21. The van der Waals surface area contributed by atoms with Gasteiger partial charge in [0.1, 0.15) is 34.8 Å². The molecule has 1 aromatic carbocycles. The summed E-state index contributed by atoms with van der Waals surface area (Å²) in [7, 11) is -1.30. The van der Waals surface area contributed by atoms with Crippen LogP contribution in [0, 0.1) is 17.1 Å². The molecule has 0 fully saturated rings. The fourth-order valence-corrected chi connectivity index (χ4v) is 2.82. The number of nitrogens with zero attached hydrogens (tertiary/aromatic N) is 2. The Bertz CT molecular complexity index is 909. The quantitative estimate of drug-likeness (QED) is 0.532. The first-order valence-corrected chi connectivity index (χ1v) is 9.02. The Kier molecular flexibility index (Phi) is 6.70. The van der Waals surface area contributed by atoms with Crippen LogP contribution in [0.1, 0.15) is 24.5 Å². The molecule has 1 N–H and O–H groups in total. The van der Waals surface area contributed by atoms with Gasteiger partial charge in [0.2, 0.25) is 11.8 Å². The number of nitriles is 1. The lowest BCUT2D eigenvalue weighted by molar-refractivity contribution is 0.0987. The van der Waals surface area contributed by atoms with Crippen LogP contribution in [0.2, 0.25) is 5.02 Å². The summed E-state index contributed by atoms with van der Waals surface area (Å²) in [6.07, 6.45) is 0.889. The number of fused-ring (bicyclic) bond motifs is 1. The third-order valence-electron chi connectivity index (χ3n) is 3.89. The summed E-state index contributed by atoms with van der Waals surface area (Å²) in [5.41, 5.74) is 0.698. The summed E-state index contributed by atoms with van der Waals surface area (Å²) < 4.78 is 35.6. The minimum Gasteiger partial charge on any atom is -0.474 e. The molecule has 2 heterocycles. The molecule has 1 aliphatic rings. The fraction of sp³-hybridized carbons (Fsp3) is 0.333. The molecule has 0 spiro atoms. The van der Waals surface area contributed by atoms with E-state index in [1.807, 2.05) is 13.0 Å². The lowest BCUT2D eigenvalue weighted by atomic mass is 9.79. The highest BCUT2D eigenvalue weighted by molar-refractivity contribution is 6.61. The van der Waals surface area contributed by atoms with Crippen molar-refractivity contribution < 1.29 is 28.3 Å². The number of pyridine rings is 1. The molecule has 146 valence electrons. The van der Waals surface area contributed by atoms with Crippen molar-refractivity contribution in [3.8, 4) is 23.6 Å². The molecule has 0 atom stereocenters. The minimum atomic E-state index is -1.30. The van der Waals surface area contributed by atoms with Gasteiger partial charge in [-0.05, 0) is 24.1 Å². The molecule has 0 aliphatic carbocycles. The Labute approximate surface area is 166 Å². The van der Waals surface area contributed by atoms with Crippen LogP contribution in [0.25, 0.3) is 0 Å². The van der Waals surface area contributed by atoms with Gasteiger partial charge in [0.15, 0.2) is 0 Å². The minimum absolute atomic E-state index is 0.0380. The highest BCUT2D eigenvalue weighted by Crippen LogP contribution is 2.33. The number of hydrogen-bond donors (Lipinski definition) is 1. The Balaban J connectivity index is 1.79. The predicted molar refractivity (Wildman–Crippen MR) is 99.4 cm³/mol. The molecule has 0 saturated carbocycles. The van der Waals surface area contributed by atoms with Crippen molar-refractivity contribution in [3.63, 3.8) is 0 Å². The molecule has 0 unspecified atom stereocenters. The summed E-state index contributed by atoms with van der Waals surface area (Å²) in [5.74, 6) is -0.525. The van der Waals surface area contributed by atoms with E-state index in [1.54, 1.807) is 0 Å². The standard InChI is InChI=1S/C18H17BClFN2O5/c1-2-3-25-4-5-26-17-11(9-22)7-14(20)18(23-17)28-13-6-12-10-27-19(24)16(12)15(21)8-13/h6-8,24H,2-5,10H2,1H3. The highest BCUT2D eigenvalue weighted by Gasteiger charge is 2.31. The molecule has 0 radical (unpaired) electrons. The van der Waals surface area contributed by atoms with Crippen LogP contribution in [0.15, 0.2) is 18.2 Å². The highest BCUT2D eigenvalue weighted by atomic mass is 35.5. The van der Waals surface area contributed by atoms with Gasteiger partial charge < -0.3 is 23.9 Å². The van der Waals surface area contributed by atoms with E-state index < -0.39 is 12.9 Å². The van der Waals surface area contributed by atoms with Crippen molar-refractivity contribution in [2.45, 2.75) is 20.0 Å². The van der Waals surface area contributed by atoms with Gasteiger partial charge in [-0.3, -0.25) is 0 Å². The molecule has 2 aromatic rings. The predicted octanol–water partition coefficient (Wildman–Crippen LogP) is 2.56. The normalized spacial score (nSPS) is 12.6. The van der Waals surface area contributed by atoms with Crippen LogP contribution >= 0.6 is 11.6 Å². The van der Waals surface area contributed by atoms with Crippen LogP contribution in [-0.4, -0.2) is 36.9 Å². The molecule has 3 rings (SSSR count). The average Bonchev–Trinajstić information content (AvgIpc) is 3.05. The molecule has 10 heteroatoms. The van der Waals surface area contributed by atoms with E-state index in [1.165, 1.54) is 12.1 Å². The van der Waals surface area contributed by atoms with Gasteiger partial charge in [0.05, 0.1) is 13.2 Å². The lowest BCUT2D eigenvalue weighted by Crippen LogP contribution is -2.31. The number of ether oxygens (including phenoxy) is 3. The molecule has 28 heavy (non-hydrogen) atoms. The van der Waals surface area contributed by atoms with Gasteiger partial charge in [-0.2, -0.15) is 10.2 Å². The van der Waals surface area contributed by atoms with Crippen LogP contribution in [0.3, 0.4) is 0 Å². The molecule has 1 aromatic heterocycles. The summed E-state index contributed by atoms with van der Waals surface area (Å²) in [4.78, 5) is 4.14. The summed E-state index contributed by atoms with van der Waals surface area (Å²) in [5, 5.41) is 18.9. The van der Waals surface area contributed by atoms with Crippen molar-refractivity contribution >= 4 is 24.2 Å². The maximum Gasteiger partial charge on any atom is 0.494 e. The van der Waals surface area contributed by atoms with E-state index in [2.05, 4.69) is 4.98 Å². The molecule has 0 amide bonds. The molecule has 0 bridgehead atoms. The Morgan fingerprint density at radius 2 is 2.14 bits per heavy atom. The van der Waals surface area contributed by atoms with E-state index in [0.29, 0.717) is 18.8 Å². The van der Waals surface area contributed by atoms with Crippen molar-refractivity contribution in [2.24, 2.45) is 0 Å². The Morgan fingerprint density at radius 1 is 1.32 bits per heavy atom. The number of hydrogen-bond acceptors (Lipinski definition) is 7. The van der Waals surface area contributed by atoms with E-state index in [9.17, 15) is 14.7 Å². The van der Waals surface area contributed by atoms with Crippen LogP contribution in [0.5, 0.6) is 17.5 Å². The number of rotatable bonds is 8. The van der Waals surface area contributed by atoms with Gasteiger partial charge in [-0.15, -0.1) is 0 Å². The van der Waals surface area contributed by atoms with Crippen molar-refractivity contribution in [1.29, 1.82) is 5.26 Å². The van der Waals surface area contributed by atoms with Gasteiger partial charge in [0.25, 0.3) is 0 Å². The largest absolute Gasteiger partial charge is 0.494 e. The van der Waals surface area contributed by atoms with E-state index in [-0.39, 0.29) is 46.8 Å². The Morgan fingerprint density at radius 3 is 2.89 bits per heavy atom. The zero-order valence-electron chi connectivity index (χ0n) is 15.1. The number of benzene rings is 1.